The molecule has 17 heavy (non-hydrogen) atoms. The molecule has 0 aliphatic carbocycles. The maximum absolute atomic E-state index is 7.61. The van der Waals surface area contributed by atoms with Crippen molar-refractivity contribution in [3.8, 4) is 0 Å². The van der Waals surface area contributed by atoms with E-state index in [1.165, 1.54) is 6.20 Å². The second-order valence-electron chi connectivity index (χ2n) is 3.59. The molecule has 1 heterocycles. The van der Waals surface area contributed by atoms with Crippen molar-refractivity contribution >= 4 is 38.2 Å². The zero-order valence-corrected chi connectivity index (χ0v) is 10.8. The quantitative estimate of drug-likeness (QED) is 0.835. The zero-order valence-electron chi connectivity index (χ0n) is 9.24. The van der Waals surface area contributed by atoms with Gasteiger partial charge in [-0.15, -0.1) is 0 Å². The number of hydrogen-bond acceptors (Lipinski definition) is 4. The minimum atomic E-state index is 0.371. The lowest BCUT2D eigenvalue weighted by Crippen LogP contribution is -2.02. The van der Waals surface area contributed by atoms with Gasteiger partial charge in [0.05, 0.1) is 22.9 Å². The standard InChI is InChI=1S/C12H11BrN4/c1-7(15)9(5-14)12-6-16-10-3-2-8(13)4-11(10)17-12/h2-6,15H,14H2,1H3/b9-5+,15-7?. The molecule has 1 aromatic heterocycles. The molecule has 0 saturated heterocycles. The number of aromatic nitrogens is 2. The average molecular weight is 291 g/mol. The van der Waals surface area contributed by atoms with Crippen LogP contribution in [0.4, 0.5) is 0 Å². The molecule has 0 aliphatic rings. The van der Waals surface area contributed by atoms with Crippen LogP contribution in [0.3, 0.4) is 0 Å². The third-order valence-corrected chi connectivity index (χ3v) is 2.84. The van der Waals surface area contributed by atoms with Crippen LogP contribution in [0.1, 0.15) is 12.6 Å². The van der Waals surface area contributed by atoms with Crippen LogP contribution in [0.25, 0.3) is 16.6 Å². The topological polar surface area (TPSA) is 75.7 Å². The Hall–Kier alpha value is -1.75. The predicted octanol–water partition coefficient (Wildman–Crippen LogP) is 2.73. The summed E-state index contributed by atoms with van der Waals surface area (Å²) in [4.78, 5) is 8.74. The predicted molar refractivity (Wildman–Crippen MR) is 72.8 cm³/mol. The summed E-state index contributed by atoms with van der Waals surface area (Å²) in [7, 11) is 0. The second kappa shape index (κ2) is 4.63. The molecule has 2 aromatic rings. The van der Waals surface area contributed by atoms with Crippen molar-refractivity contribution < 1.29 is 0 Å². The van der Waals surface area contributed by atoms with Gasteiger partial charge in [-0.3, -0.25) is 4.98 Å². The molecule has 0 atom stereocenters. The van der Waals surface area contributed by atoms with E-state index in [0.717, 1.165) is 15.5 Å². The Morgan fingerprint density at radius 3 is 2.82 bits per heavy atom. The molecule has 4 nitrogen and oxygen atoms in total. The molecule has 0 bridgehead atoms. The van der Waals surface area contributed by atoms with E-state index in [-0.39, 0.29) is 0 Å². The Morgan fingerprint density at radius 1 is 1.41 bits per heavy atom. The molecular weight excluding hydrogens is 280 g/mol. The Labute approximate surface area is 107 Å². The third kappa shape index (κ3) is 2.34. The molecule has 0 radical (unpaired) electrons. The Bertz CT molecular complexity index is 619. The first-order valence-corrected chi connectivity index (χ1v) is 5.81. The van der Waals surface area contributed by atoms with E-state index in [2.05, 4.69) is 25.9 Å². The Morgan fingerprint density at radius 2 is 2.18 bits per heavy atom. The molecule has 2 rings (SSSR count). The number of nitrogens with two attached hydrogens (primary N) is 1. The summed E-state index contributed by atoms with van der Waals surface area (Å²) in [5.74, 6) is 0. The fraction of sp³-hybridized carbons (Fsp3) is 0.0833. The highest BCUT2D eigenvalue weighted by Gasteiger charge is 2.07. The van der Waals surface area contributed by atoms with Gasteiger partial charge in [-0.1, -0.05) is 15.9 Å². The normalized spacial score (nSPS) is 11.8. The lowest BCUT2D eigenvalue weighted by atomic mass is 10.1. The highest BCUT2D eigenvalue weighted by Crippen LogP contribution is 2.19. The van der Waals surface area contributed by atoms with E-state index in [1.54, 1.807) is 13.1 Å². The lowest BCUT2D eigenvalue weighted by molar-refractivity contribution is 1.25. The SMILES string of the molecule is CC(=N)/C(=C\N)c1cnc2ccc(Br)cc2n1. The summed E-state index contributed by atoms with van der Waals surface area (Å²) in [5, 5.41) is 7.61. The third-order valence-electron chi connectivity index (χ3n) is 2.35. The first-order chi connectivity index (χ1) is 8.11. The largest absolute Gasteiger partial charge is 0.404 e. The van der Waals surface area contributed by atoms with Gasteiger partial charge in [0.15, 0.2) is 0 Å². The molecule has 86 valence electrons. The number of halogens is 1. The summed E-state index contributed by atoms with van der Waals surface area (Å²) in [6.45, 7) is 1.67. The smallest absolute Gasteiger partial charge is 0.0925 e. The molecule has 0 fully saturated rings. The van der Waals surface area contributed by atoms with Crippen LogP contribution < -0.4 is 5.73 Å². The minimum absolute atomic E-state index is 0.371. The number of rotatable bonds is 2. The van der Waals surface area contributed by atoms with Crippen LogP contribution in [0.5, 0.6) is 0 Å². The zero-order chi connectivity index (χ0) is 12.4. The van der Waals surface area contributed by atoms with Crippen molar-refractivity contribution in [3.05, 3.63) is 40.8 Å². The van der Waals surface area contributed by atoms with Gasteiger partial charge in [0.25, 0.3) is 0 Å². The fourth-order valence-electron chi connectivity index (χ4n) is 1.52. The summed E-state index contributed by atoms with van der Waals surface area (Å²) < 4.78 is 0.946. The van der Waals surface area contributed by atoms with Crippen LogP contribution in [0.2, 0.25) is 0 Å². The van der Waals surface area contributed by atoms with E-state index < -0.39 is 0 Å². The van der Waals surface area contributed by atoms with E-state index >= 15 is 0 Å². The van der Waals surface area contributed by atoms with Crippen LogP contribution in [-0.2, 0) is 0 Å². The summed E-state index contributed by atoms with van der Waals surface area (Å²) in [6.07, 6.45) is 3.02. The first-order valence-electron chi connectivity index (χ1n) is 5.02. The van der Waals surface area contributed by atoms with Gasteiger partial charge < -0.3 is 11.1 Å². The van der Waals surface area contributed by atoms with Gasteiger partial charge in [0, 0.05) is 22.0 Å². The number of nitrogens with zero attached hydrogens (tertiary/aromatic N) is 2. The highest BCUT2D eigenvalue weighted by atomic mass is 79.9. The van der Waals surface area contributed by atoms with E-state index in [1.807, 2.05) is 18.2 Å². The maximum Gasteiger partial charge on any atom is 0.0925 e. The molecule has 3 N–H and O–H groups in total. The molecule has 1 aromatic carbocycles. The van der Waals surface area contributed by atoms with Gasteiger partial charge in [0.2, 0.25) is 0 Å². The maximum atomic E-state index is 7.61. The van der Waals surface area contributed by atoms with Crippen LogP contribution in [0.15, 0.2) is 35.1 Å². The average Bonchev–Trinajstić information content (AvgIpc) is 2.29. The fourth-order valence-corrected chi connectivity index (χ4v) is 1.87. The number of allylic oxidation sites excluding steroid dienone is 1. The Kier molecular flexibility index (Phi) is 3.19. The van der Waals surface area contributed by atoms with Crippen LogP contribution >= 0.6 is 15.9 Å². The summed E-state index contributed by atoms with van der Waals surface area (Å²) in [5.41, 5.74) is 8.68. The van der Waals surface area contributed by atoms with Crippen molar-refractivity contribution in [1.82, 2.24) is 9.97 Å². The number of benzene rings is 1. The van der Waals surface area contributed by atoms with Gasteiger partial charge in [-0.05, 0) is 25.1 Å². The number of fused-ring (bicyclic) bond motifs is 1. The van der Waals surface area contributed by atoms with Gasteiger partial charge >= 0.3 is 0 Å². The summed E-state index contributed by atoms with van der Waals surface area (Å²) in [6, 6.07) is 5.69. The molecule has 5 heteroatoms. The first kappa shape index (κ1) is 11.7. The molecular formula is C12H11BrN4. The lowest BCUT2D eigenvalue weighted by Gasteiger charge is -2.05. The van der Waals surface area contributed by atoms with Crippen molar-refractivity contribution in [2.75, 3.05) is 0 Å². The van der Waals surface area contributed by atoms with Gasteiger partial charge in [-0.25, -0.2) is 4.98 Å². The van der Waals surface area contributed by atoms with Crippen molar-refractivity contribution in [1.29, 1.82) is 5.41 Å². The molecule has 0 spiro atoms. The molecule has 0 saturated carbocycles. The highest BCUT2D eigenvalue weighted by molar-refractivity contribution is 9.10. The minimum Gasteiger partial charge on any atom is -0.404 e. The van der Waals surface area contributed by atoms with E-state index in [0.29, 0.717) is 17.0 Å². The van der Waals surface area contributed by atoms with Gasteiger partial charge in [0.1, 0.15) is 0 Å². The van der Waals surface area contributed by atoms with Crippen molar-refractivity contribution in [2.45, 2.75) is 6.92 Å². The van der Waals surface area contributed by atoms with Gasteiger partial charge in [-0.2, -0.15) is 0 Å². The van der Waals surface area contributed by atoms with E-state index in [9.17, 15) is 0 Å². The molecule has 0 aliphatic heterocycles. The van der Waals surface area contributed by atoms with Crippen molar-refractivity contribution in [2.24, 2.45) is 5.73 Å². The Balaban J connectivity index is 2.61. The molecule has 0 amide bonds. The van der Waals surface area contributed by atoms with Crippen LogP contribution in [-0.4, -0.2) is 15.7 Å². The number of hydrogen-bond donors (Lipinski definition) is 2. The van der Waals surface area contributed by atoms with E-state index in [4.69, 9.17) is 11.1 Å². The second-order valence-corrected chi connectivity index (χ2v) is 4.51. The summed E-state index contributed by atoms with van der Waals surface area (Å²) >= 11 is 3.39. The molecule has 0 unspecified atom stereocenters. The monoisotopic (exact) mass is 290 g/mol. The number of nitrogens with one attached hydrogen (secondary N) is 1. The van der Waals surface area contributed by atoms with Crippen LogP contribution in [0, 0.1) is 5.41 Å². The van der Waals surface area contributed by atoms with Crippen molar-refractivity contribution in [3.63, 3.8) is 0 Å².